The van der Waals surface area contributed by atoms with Crippen LogP contribution in [0, 0.1) is 11.3 Å². The second-order valence-electron chi connectivity index (χ2n) is 5.23. The van der Waals surface area contributed by atoms with E-state index >= 15 is 0 Å². The van der Waals surface area contributed by atoms with Crippen molar-refractivity contribution < 1.29 is 0 Å². The molecule has 3 N–H and O–H groups in total. The van der Waals surface area contributed by atoms with Crippen molar-refractivity contribution in [3.63, 3.8) is 0 Å². The normalized spacial score (nSPS) is 16.4. The van der Waals surface area contributed by atoms with E-state index in [4.69, 9.17) is 5.84 Å². The van der Waals surface area contributed by atoms with E-state index in [2.05, 4.69) is 39.7 Å². The third-order valence-corrected chi connectivity index (χ3v) is 3.07. The van der Waals surface area contributed by atoms with E-state index in [9.17, 15) is 0 Å². The van der Waals surface area contributed by atoms with Gasteiger partial charge in [-0.05, 0) is 30.6 Å². The van der Waals surface area contributed by atoms with Crippen LogP contribution in [0.25, 0.3) is 0 Å². The van der Waals surface area contributed by atoms with Crippen LogP contribution in [0.1, 0.15) is 47.0 Å². The van der Waals surface area contributed by atoms with E-state index in [0.29, 0.717) is 17.4 Å². The maximum absolute atomic E-state index is 5.52. The molecular weight excluding hydrogens is 172 g/mol. The molecule has 0 bridgehead atoms. The van der Waals surface area contributed by atoms with Crippen LogP contribution in [0.2, 0.25) is 0 Å². The molecule has 0 aliphatic carbocycles. The number of hydrogen-bond acceptors (Lipinski definition) is 2. The van der Waals surface area contributed by atoms with Crippen LogP contribution in [0.15, 0.2) is 12.7 Å². The lowest BCUT2D eigenvalue weighted by atomic mass is 9.78. The first-order chi connectivity index (χ1) is 6.41. The molecule has 0 saturated carbocycles. The molecule has 0 aliphatic rings. The molecule has 2 unspecified atom stereocenters. The summed E-state index contributed by atoms with van der Waals surface area (Å²) < 4.78 is 0. The number of allylic oxidation sites excluding steroid dienone is 1. The molecule has 0 aromatic heterocycles. The summed E-state index contributed by atoms with van der Waals surface area (Å²) in [6, 6.07) is 0.419. The fourth-order valence-electron chi connectivity index (χ4n) is 1.37. The minimum Gasteiger partial charge on any atom is -0.271 e. The quantitative estimate of drug-likeness (QED) is 0.391. The Morgan fingerprint density at radius 3 is 2.36 bits per heavy atom. The topological polar surface area (TPSA) is 38.0 Å². The van der Waals surface area contributed by atoms with E-state index in [1.807, 2.05) is 6.08 Å². The second-order valence-corrected chi connectivity index (χ2v) is 5.23. The first-order valence-electron chi connectivity index (χ1n) is 5.48. The molecule has 0 fully saturated rings. The average Bonchev–Trinajstić information content (AvgIpc) is 2.10. The van der Waals surface area contributed by atoms with Crippen molar-refractivity contribution in [2.75, 3.05) is 0 Å². The van der Waals surface area contributed by atoms with Crippen molar-refractivity contribution in [1.82, 2.24) is 5.43 Å². The first-order valence-corrected chi connectivity index (χ1v) is 5.48. The third kappa shape index (κ3) is 5.40. The van der Waals surface area contributed by atoms with Crippen LogP contribution in [0.5, 0.6) is 0 Å². The zero-order chi connectivity index (χ0) is 11.2. The van der Waals surface area contributed by atoms with Gasteiger partial charge in [-0.2, -0.15) is 0 Å². The van der Waals surface area contributed by atoms with E-state index < -0.39 is 0 Å². The average molecular weight is 198 g/mol. The standard InChI is InChI=1S/C12H26N2/c1-6-7-8-11(14-13)9-10(2)12(3,4)5/h6,10-11,14H,1,7-9,13H2,2-5H3. The highest BCUT2D eigenvalue weighted by Crippen LogP contribution is 2.29. The molecule has 0 amide bonds. The van der Waals surface area contributed by atoms with Gasteiger partial charge in [0.15, 0.2) is 0 Å². The molecule has 2 atom stereocenters. The predicted molar refractivity (Wildman–Crippen MR) is 63.8 cm³/mol. The number of hydrazine groups is 1. The summed E-state index contributed by atoms with van der Waals surface area (Å²) in [5.41, 5.74) is 3.26. The van der Waals surface area contributed by atoms with Crippen molar-refractivity contribution in [3.05, 3.63) is 12.7 Å². The van der Waals surface area contributed by atoms with Crippen molar-refractivity contribution >= 4 is 0 Å². The minimum atomic E-state index is 0.364. The highest BCUT2D eigenvalue weighted by molar-refractivity contribution is 4.78. The van der Waals surface area contributed by atoms with Gasteiger partial charge >= 0.3 is 0 Å². The van der Waals surface area contributed by atoms with Gasteiger partial charge in [-0.3, -0.25) is 11.3 Å². The molecule has 0 aliphatic heterocycles. The van der Waals surface area contributed by atoms with Gasteiger partial charge < -0.3 is 0 Å². The van der Waals surface area contributed by atoms with E-state index in [0.717, 1.165) is 19.3 Å². The SMILES string of the molecule is C=CCCC(CC(C)C(C)(C)C)NN. The number of rotatable bonds is 6. The molecule has 0 radical (unpaired) electrons. The molecule has 84 valence electrons. The van der Waals surface area contributed by atoms with Gasteiger partial charge in [0, 0.05) is 6.04 Å². The van der Waals surface area contributed by atoms with Gasteiger partial charge in [-0.25, -0.2) is 0 Å². The first kappa shape index (κ1) is 13.7. The summed E-state index contributed by atoms with van der Waals surface area (Å²) in [6.45, 7) is 12.8. The summed E-state index contributed by atoms with van der Waals surface area (Å²) in [4.78, 5) is 0. The lowest BCUT2D eigenvalue weighted by Crippen LogP contribution is -2.38. The van der Waals surface area contributed by atoms with Gasteiger partial charge in [-0.1, -0.05) is 33.8 Å². The number of nitrogens with two attached hydrogens (primary N) is 1. The zero-order valence-corrected chi connectivity index (χ0v) is 10.1. The predicted octanol–water partition coefficient (Wildman–Crippen LogP) is 2.86. The number of nitrogens with one attached hydrogen (secondary N) is 1. The molecule has 0 aromatic carbocycles. The summed E-state index contributed by atoms with van der Waals surface area (Å²) in [7, 11) is 0. The van der Waals surface area contributed by atoms with Gasteiger partial charge in [0.05, 0.1) is 0 Å². The molecule has 2 heteroatoms. The Balaban J connectivity index is 3.97. The fraction of sp³-hybridized carbons (Fsp3) is 0.833. The summed E-state index contributed by atoms with van der Waals surface area (Å²) in [5.74, 6) is 6.20. The van der Waals surface area contributed by atoms with Crippen LogP contribution in [0.3, 0.4) is 0 Å². The maximum Gasteiger partial charge on any atom is 0.0216 e. The molecule has 0 heterocycles. The Morgan fingerprint density at radius 2 is 2.00 bits per heavy atom. The van der Waals surface area contributed by atoms with Crippen LogP contribution < -0.4 is 11.3 Å². The van der Waals surface area contributed by atoms with Crippen LogP contribution in [0.4, 0.5) is 0 Å². The summed E-state index contributed by atoms with van der Waals surface area (Å²) in [6.07, 6.45) is 5.20. The lowest BCUT2D eigenvalue weighted by molar-refractivity contribution is 0.219. The van der Waals surface area contributed by atoms with E-state index in [-0.39, 0.29) is 0 Å². The van der Waals surface area contributed by atoms with Gasteiger partial charge in [0.1, 0.15) is 0 Å². The van der Waals surface area contributed by atoms with Gasteiger partial charge in [0.25, 0.3) is 0 Å². The molecule has 14 heavy (non-hydrogen) atoms. The Morgan fingerprint density at radius 1 is 1.43 bits per heavy atom. The Hall–Kier alpha value is -0.340. The molecule has 0 saturated heterocycles. The van der Waals surface area contributed by atoms with Crippen molar-refractivity contribution in [1.29, 1.82) is 0 Å². The fourth-order valence-corrected chi connectivity index (χ4v) is 1.37. The molecule has 0 spiro atoms. The largest absolute Gasteiger partial charge is 0.271 e. The van der Waals surface area contributed by atoms with Gasteiger partial charge in [0.2, 0.25) is 0 Å². The van der Waals surface area contributed by atoms with Crippen LogP contribution in [-0.2, 0) is 0 Å². The van der Waals surface area contributed by atoms with Crippen LogP contribution in [-0.4, -0.2) is 6.04 Å². The van der Waals surface area contributed by atoms with Gasteiger partial charge in [-0.15, -0.1) is 6.58 Å². The van der Waals surface area contributed by atoms with Crippen molar-refractivity contribution in [3.8, 4) is 0 Å². The zero-order valence-electron chi connectivity index (χ0n) is 10.1. The summed E-state index contributed by atoms with van der Waals surface area (Å²) >= 11 is 0. The van der Waals surface area contributed by atoms with Crippen molar-refractivity contribution in [2.45, 2.75) is 53.0 Å². The highest BCUT2D eigenvalue weighted by atomic mass is 15.2. The molecule has 0 rings (SSSR count). The number of hydrogen-bond donors (Lipinski definition) is 2. The Bertz CT molecular complexity index is 158. The maximum atomic E-state index is 5.52. The second kappa shape index (κ2) is 6.20. The lowest BCUT2D eigenvalue weighted by Gasteiger charge is -2.30. The van der Waals surface area contributed by atoms with Crippen molar-refractivity contribution in [2.24, 2.45) is 17.2 Å². The van der Waals surface area contributed by atoms with E-state index in [1.54, 1.807) is 0 Å². The Kier molecular flexibility index (Phi) is 6.05. The monoisotopic (exact) mass is 198 g/mol. The van der Waals surface area contributed by atoms with Crippen LogP contribution >= 0.6 is 0 Å². The molecule has 0 aromatic rings. The Labute approximate surface area is 88.9 Å². The smallest absolute Gasteiger partial charge is 0.0216 e. The summed E-state index contributed by atoms with van der Waals surface area (Å²) in [5, 5.41) is 0. The molecular formula is C12H26N2. The van der Waals surface area contributed by atoms with E-state index in [1.165, 1.54) is 0 Å². The highest BCUT2D eigenvalue weighted by Gasteiger charge is 2.22. The minimum absolute atomic E-state index is 0.364. The third-order valence-electron chi connectivity index (χ3n) is 3.07. The molecule has 2 nitrogen and oxygen atoms in total.